The standard InChI is InChI=1S/C16H18N4O/c1-11(16-8-9-17-20(16)3)18-14-6-4-13(5-7-14)15-10-21-12(2)19-15/h4-11,18H,1-3H3. The molecule has 0 aliphatic rings. The highest BCUT2D eigenvalue weighted by atomic mass is 16.3. The first kappa shape index (κ1) is 13.4. The molecule has 5 nitrogen and oxygen atoms in total. The van der Waals surface area contributed by atoms with Gasteiger partial charge in [0.2, 0.25) is 0 Å². The maximum atomic E-state index is 5.24. The molecule has 1 aromatic carbocycles. The van der Waals surface area contributed by atoms with Gasteiger partial charge >= 0.3 is 0 Å². The van der Waals surface area contributed by atoms with E-state index in [1.54, 1.807) is 6.26 Å². The van der Waals surface area contributed by atoms with Crippen molar-refractivity contribution in [2.75, 3.05) is 5.32 Å². The molecule has 3 rings (SSSR count). The summed E-state index contributed by atoms with van der Waals surface area (Å²) in [7, 11) is 1.95. The number of aromatic nitrogens is 3. The molecule has 0 bridgehead atoms. The van der Waals surface area contributed by atoms with E-state index < -0.39 is 0 Å². The van der Waals surface area contributed by atoms with Gasteiger partial charge in [-0.3, -0.25) is 4.68 Å². The highest BCUT2D eigenvalue weighted by molar-refractivity contribution is 5.62. The number of hydrogen-bond donors (Lipinski definition) is 1. The van der Waals surface area contributed by atoms with Gasteiger partial charge in [-0.25, -0.2) is 4.98 Å². The number of aryl methyl sites for hydroxylation is 2. The van der Waals surface area contributed by atoms with Crippen molar-refractivity contribution in [1.29, 1.82) is 0 Å². The summed E-state index contributed by atoms with van der Waals surface area (Å²) < 4.78 is 7.12. The zero-order valence-corrected chi connectivity index (χ0v) is 12.4. The van der Waals surface area contributed by atoms with Gasteiger partial charge in [0.25, 0.3) is 0 Å². The fourth-order valence-corrected chi connectivity index (χ4v) is 2.37. The normalized spacial score (nSPS) is 12.3. The van der Waals surface area contributed by atoms with Crippen molar-refractivity contribution < 1.29 is 4.42 Å². The number of oxazole rings is 1. The van der Waals surface area contributed by atoms with Gasteiger partial charge in [0.05, 0.1) is 11.7 Å². The van der Waals surface area contributed by atoms with Crippen molar-refractivity contribution in [3.8, 4) is 11.3 Å². The summed E-state index contributed by atoms with van der Waals surface area (Å²) in [6, 6.07) is 10.4. The Kier molecular flexibility index (Phi) is 3.48. The first-order valence-corrected chi connectivity index (χ1v) is 6.90. The average Bonchev–Trinajstić information content (AvgIpc) is 3.08. The SMILES string of the molecule is Cc1nc(-c2ccc(NC(C)c3ccnn3C)cc2)co1. The third-order valence-corrected chi connectivity index (χ3v) is 3.49. The molecular weight excluding hydrogens is 264 g/mol. The molecule has 0 fully saturated rings. The van der Waals surface area contributed by atoms with Crippen molar-refractivity contribution in [3.05, 3.63) is 54.4 Å². The Balaban J connectivity index is 1.74. The number of nitrogens with one attached hydrogen (secondary N) is 1. The lowest BCUT2D eigenvalue weighted by Gasteiger charge is -2.15. The van der Waals surface area contributed by atoms with E-state index >= 15 is 0 Å². The number of nitrogens with zero attached hydrogens (tertiary/aromatic N) is 3. The van der Waals surface area contributed by atoms with Crippen LogP contribution in [0.25, 0.3) is 11.3 Å². The Morgan fingerprint density at radius 3 is 2.52 bits per heavy atom. The van der Waals surface area contributed by atoms with Crippen molar-refractivity contribution in [2.45, 2.75) is 19.9 Å². The van der Waals surface area contributed by atoms with E-state index in [4.69, 9.17) is 4.42 Å². The van der Waals surface area contributed by atoms with Crippen LogP contribution in [0.4, 0.5) is 5.69 Å². The van der Waals surface area contributed by atoms with Crippen LogP contribution in [-0.2, 0) is 7.05 Å². The van der Waals surface area contributed by atoms with Gasteiger partial charge in [-0.05, 0) is 25.1 Å². The van der Waals surface area contributed by atoms with E-state index in [0.717, 1.165) is 22.6 Å². The maximum Gasteiger partial charge on any atom is 0.191 e. The lowest BCUT2D eigenvalue weighted by atomic mass is 10.1. The topological polar surface area (TPSA) is 55.9 Å². The van der Waals surface area contributed by atoms with Crippen molar-refractivity contribution in [1.82, 2.24) is 14.8 Å². The largest absolute Gasteiger partial charge is 0.449 e. The Morgan fingerprint density at radius 2 is 1.95 bits per heavy atom. The van der Waals surface area contributed by atoms with Crippen LogP contribution in [0.2, 0.25) is 0 Å². The quantitative estimate of drug-likeness (QED) is 0.795. The molecular formula is C16H18N4O. The molecule has 0 amide bonds. The molecule has 1 unspecified atom stereocenters. The second-order valence-electron chi connectivity index (χ2n) is 5.07. The van der Waals surface area contributed by atoms with Crippen LogP contribution in [0.1, 0.15) is 24.6 Å². The van der Waals surface area contributed by atoms with Crippen molar-refractivity contribution in [2.24, 2.45) is 7.05 Å². The van der Waals surface area contributed by atoms with Crippen LogP contribution in [-0.4, -0.2) is 14.8 Å². The number of rotatable bonds is 4. The van der Waals surface area contributed by atoms with Crippen LogP contribution in [0.3, 0.4) is 0 Å². The highest BCUT2D eigenvalue weighted by Crippen LogP contribution is 2.23. The van der Waals surface area contributed by atoms with E-state index in [-0.39, 0.29) is 6.04 Å². The van der Waals surface area contributed by atoms with Gasteiger partial charge in [0.1, 0.15) is 12.0 Å². The van der Waals surface area contributed by atoms with Crippen LogP contribution >= 0.6 is 0 Å². The van der Waals surface area contributed by atoms with Crippen LogP contribution in [0.5, 0.6) is 0 Å². The summed E-state index contributed by atoms with van der Waals surface area (Å²) in [5.41, 5.74) is 4.11. The number of anilines is 1. The second kappa shape index (κ2) is 5.44. The van der Waals surface area contributed by atoms with Crippen LogP contribution in [0.15, 0.2) is 47.2 Å². The lowest BCUT2D eigenvalue weighted by Crippen LogP contribution is -2.11. The first-order chi connectivity index (χ1) is 10.1. The zero-order valence-electron chi connectivity index (χ0n) is 12.4. The summed E-state index contributed by atoms with van der Waals surface area (Å²) in [6.07, 6.45) is 3.49. The van der Waals surface area contributed by atoms with Gasteiger partial charge in [0, 0.05) is 31.4 Å². The Labute approximate surface area is 123 Å². The third kappa shape index (κ3) is 2.81. The molecule has 0 radical (unpaired) electrons. The van der Waals surface area contributed by atoms with Gasteiger partial charge in [-0.2, -0.15) is 5.10 Å². The first-order valence-electron chi connectivity index (χ1n) is 6.90. The van der Waals surface area contributed by atoms with Gasteiger partial charge in [-0.15, -0.1) is 0 Å². The third-order valence-electron chi connectivity index (χ3n) is 3.49. The number of hydrogen-bond acceptors (Lipinski definition) is 4. The molecule has 1 N–H and O–H groups in total. The maximum absolute atomic E-state index is 5.24. The lowest BCUT2D eigenvalue weighted by molar-refractivity contribution is 0.521. The minimum Gasteiger partial charge on any atom is -0.449 e. The molecule has 0 saturated carbocycles. The van der Waals surface area contributed by atoms with Gasteiger partial charge in [-0.1, -0.05) is 12.1 Å². The Morgan fingerprint density at radius 1 is 1.19 bits per heavy atom. The van der Waals surface area contributed by atoms with Crippen LogP contribution in [0, 0.1) is 6.92 Å². The molecule has 0 spiro atoms. The minimum atomic E-state index is 0.192. The number of benzene rings is 1. The summed E-state index contributed by atoms with van der Waals surface area (Å²) in [6.45, 7) is 3.96. The molecule has 1 atom stereocenters. The molecule has 21 heavy (non-hydrogen) atoms. The summed E-state index contributed by atoms with van der Waals surface area (Å²) in [4.78, 5) is 4.33. The summed E-state index contributed by atoms with van der Waals surface area (Å²) in [5.74, 6) is 0.678. The van der Waals surface area contributed by atoms with E-state index in [0.29, 0.717) is 5.89 Å². The van der Waals surface area contributed by atoms with Gasteiger partial charge < -0.3 is 9.73 Å². The molecule has 5 heteroatoms. The Bertz CT molecular complexity index is 727. The second-order valence-corrected chi connectivity index (χ2v) is 5.07. The fourth-order valence-electron chi connectivity index (χ4n) is 2.37. The van der Waals surface area contributed by atoms with E-state index in [9.17, 15) is 0 Å². The monoisotopic (exact) mass is 282 g/mol. The molecule has 2 heterocycles. The van der Waals surface area contributed by atoms with E-state index in [1.165, 1.54) is 0 Å². The van der Waals surface area contributed by atoms with Crippen LogP contribution < -0.4 is 5.32 Å². The van der Waals surface area contributed by atoms with E-state index in [2.05, 4.69) is 22.3 Å². The van der Waals surface area contributed by atoms with E-state index in [1.807, 2.05) is 55.2 Å². The smallest absolute Gasteiger partial charge is 0.191 e. The molecule has 108 valence electrons. The summed E-state index contributed by atoms with van der Waals surface area (Å²) >= 11 is 0. The highest BCUT2D eigenvalue weighted by Gasteiger charge is 2.09. The van der Waals surface area contributed by atoms with Crippen molar-refractivity contribution in [3.63, 3.8) is 0 Å². The molecule has 2 aromatic heterocycles. The minimum absolute atomic E-state index is 0.192. The molecule has 0 aliphatic carbocycles. The average molecular weight is 282 g/mol. The molecule has 0 aliphatic heterocycles. The van der Waals surface area contributed by atoms with Crippen molar-refractivity contribution >= 4 is 5.69 Å². The fraction of sp³-hybridized carbons (Fsp3) is 0.250. The predicted molar refractivity (Wildman–Crippen MR) is 81.9 cm³/mol. The summed E-state index contributed by atoms with van der Waals surface area (Å²) in [5, 5.41) is 7.66. The van der Waals surface area contributed by atoms with Gasteiger partial charge in [0.15, 0.2) is 5.89 Å². The zero-order chi connectivity index (χ0) is 14.8. The molecule has 3 aromatic rings. The predicted octanol–water partition coefficient (Wildman–Crippen LogP) is 3.56. The Hall–Kier alpha value is -2.56. The molecule has 0 saturated heterocycles.